The molecule has 5 nitrogen and oxygen atoms in total. The van der Waals surface area contributed by atoms with E-state index in [1.54, 1.807) is 43.0 Å². The van der Waals surface area contributed by atoms with E-state index in [0.29, 0.717) is 22.9 Å². The molecule has 2 aromatic carbocycles. The summed E-state index contributed by atoms with van der Waals surface area (Å²) < 4.78 is 5.34. The molecule has 2 heterocycles. The summed E-state index contributed by atoms with van der Waals surface area (Å²) in [5.41, 5.74) is 1.69. The molecule has 0 spiro atoms. The molecular formula is C23H20ClN3O2S2. The van der Waals surface area contributed by atoms with Gasteiger partial charge in [-0.25, -0.2) is 9.97 Å². The summed E-state index contributed by atoms with van der Waals surface area (Å²) in [5, 5.41) is 4.90. The molecule has 31 heavy (non-hydrogen) atoms. The van der Waals surface area contributed by atoms with Gasteiger partial charge in [0.05, 0.1) is 18.0 Å². The third kappa shape index (κ3) is 4.84. The van der Waals surface area contributed by atoms with Gasteiger partial charge >= 0.3 is 0 Å². The predicted octanol–water partition coefficient (Wildman–Crippen LogP) is 6.53. The van der Waals surface area contributed by atoms with Crippen LogP contribution in [0.2, 0.25) is 5.02 Å². The number of aromatic nitrogens is 2. The van der Waals surface area contributed by atoms with Crippen LogP contribution in [0, 0.1) is 0 Å². The van der Waals surface area contributed by atoms with Crippen molar-refractivity contribution in [2.45, 2.75) is 23.6 Å². The van der Waals surface area contributed by atoms with Gasteiger partial charge in [-0.1, -0.05) is 60.6 Å². The lowest BCUT2D eigenvalue weighted by atomic mass is 10.2. The van der Waals surface area contributed by atoms with Crippen LogP contribution in [0.15, 0.2) is 66.0 Å². The number of carbonyl (C=O) groups is 1. The van der Waals surface area contributed by atoms with Gasteiger partial charge in [0.15, 0.2) is 0 Å². The maximum Gasteiger partial charge on any atom is 0.238 e. The van der Waals surface area contributed by atoms with Crippen LogP contribution in [0.1, 0.15) is 13.3 Å². The first-order valence-electron chi connectivity index (χ1n) is 9.70. The fourth-order valence-corrected chi connectivity index (χ4v) is 5.35. The molecule has 8 heteroatoms. The first-order valence-corrected chi connectivity index (χ1v) is 11.8. The van der Waals surface area contributed by atoms with Crippen LogP contribution in [0.4, 0.5) is 5.69 Å². The average molecular weight is 470 g/mol. The molecule has 0 aliphatic carbocycles. The number of ether oxygens (including phenoxy) is 1. The Morgan fingerprint density at radius 2 is 2.00 bits per heavy atom. The van der Waals surface area contributed by atoms with Crippen molar-refractivity contribution in [1.82, 2.24) is 9.97 Å². The van der Waals surface area contributed by atoms with Gasteiger partial charge in [-0.3, -0.25) is 4.79 Å². The Bertz CT molecular complexity index is 1210. The van der Waals surface area contributed by atoms with Crippen molar-refractivity contribution < 1.29 is 9.53 Å². The van der Waals surface area contributed by atoms with Crippen molar-refractivity contribution in [2.75, 3.05) is 12.4 Å². The van der Waals surface area contributed by atoms with Gasteiger partial charge in [0, 0.05) is 15.3 Å². The highest BCUT2D eigenvalue weighted by atomic mass is 35.5. The van der Waals surface area contributed by atoms with Crippen molar-refractivity contribution >= 4 is 56.5 Å². The first kappa shape index (κ1) is 21.6. The lowest BCUT2D eigenvalue weighted by molar-refractivity contribution is -0.115. The highest BCUT2D eigenvalue weighted by Gasteiger charge is 2.22. The van der Waals surface area contributed by atoms with Crippen molar-refractivity contribution in [3.63, 3.8) is 0 Å². The Morgan fingerprint density at radius 1 is 1.19 bits per heavy atom. The molecule has 158 valence electrons. The summed E-state index contributed by atoms with van der Waals surface area (Å²) in [5.74, 6) is 0.436. The van der Waals surface area contributed by atoms with E-state index in [4.69, 9.17) is 16.3 Å². The topological polar surface area (TPSA) is 64.1 Å². The van der Waals surface area contributed by atoms with E-state index in [-0.39, 0.29) is 11.2 Å². The second kappa shape index (κ2) is 9.68. The van der Waals surface area contributed by atoms with Crippen molar-refractivity contribution in [1.29, 1.82) is 0 Å². The van der Waals surface area contributed by atoms with Gasteiger partial charge in [-0.05, 0) is 36.2 Å². The molecule has 0 saturated carbocycles. The number of benzene rings is 2. The van der Waals surface area contributed by atoms with Crippen molar-refractivity contribution in [3.05, 3.63) is 65.9 Å². The minimum atomic E-state index is -0.332. The van der Waals surface area contributed by atoms with Gasteiger partial charge in [-0.15, -0.1) is 11.3 Å². The summed E-state index contributed by atoms with van der Waals surface area (Å²) in [7, 11) is 1.56. The van der Waals surface area contributed by atoms with Gasteiger partial charge in [-0.2, -0.15) is 0 Å². The van der Waals surface area contributed by atoms with Crippen molar-refractivity contribution in [2.24, 2.45) is 0 Å². The predicted molar refractivity (Wildman–Crippen MR) is 129 cm³/mol. The number of hydrogen-bond acceptors (Lipinski definition) is 6. The molecule has 0 aliphatic rings. The first-order chi connectivity index (χ1) is 15.1. The molecular weight excluding hydrogens is 450 g/mol. The summed E-state index contributed by atoms with van der Waals surface area (Å²) in [6, 6.07) is 17.4. The summed E-state index contributed by atoms with van der Waals surface area (Å²) in [6.07, 6.45) is 2.20. The molecule has 4 aromatic rings. The van der Waals surface area contributed by atoms with Gasteiger partial charge in [0.25, 0.3) is 0 Å². The van der Waals surface area contributed by atoms with Crippen LogP contribution in [0.25, 0.3) is 20.7 Å². The van der Waals surface area contributed by atoms with Crippen LogP contribution in [0.5, 0.6) is 5.75 Å². The Hall–Kier alpha value is -2.61. The maximum atomic E-state index is 13.0. The molecule has 1 amide bonds. The van der Waals surface area contributed by atoms with E-state index < -0.39 is 0 Å². The zero-order chi connectivity index (χ0) is 21.8. The fourth-order valence-electron chi connectivity index (χ4n) is 3.12. The van der Waals surface area contributed by atoms with E-state index >= 15 is 0 Å². The maximum absolute atomic E-state index is 13.0. The van der Waals surface area contributed by atoms with E-state index in [9.17, 15) is 4.79 Å². The van der Waals surface area contributed by atoms with E-state index in [1.807, 2.05) is 25.1 Å². The monoisotopic (exact) mass is 469 g/mol. The molecule has 0 fully saturated rings. The zero-order valence-electron chi connectivity index (χ0n) is 17.0. The average Bonchev–Trinajstić information content (AvgIpc) is 3.23. The molecule has 0 radical (unpaired) electrons. The molecule has 1 N–H and O–H groups in total. The van der Waals surface area contributed by atoms with Crippen LogP contribution in [-0.4, -0.2) is 28.2 Å². The third-order valence-corrected chi connectivity index (χ3v) is 7.40. The Kier molecular flexibility index (Phi) is 6.75. The molecule has 2 aromatic heterocycles. The Labute approximate surface area is 193 Å². The molecule has 0 saturated heterocycles. The van der Waals surface area contributed by atoms with Crippen molar-refractivity contribution in [3.8, 4) is 16.2 Å². The van der Waals surface area contributed by atoms with Gasteiger partial charge in [0.1, 0.15) is 21.9 Å². The van der Waals surface area contributed by atoms with E-state index in [1.165, 1.54) is 11.8 Å². The third-order valence-electron chi connectivity index (χ3n) is 4.69. The van der Waals surface area contributed by atoms with E-state index in [2.05, 4.69) is 33.5 Å². The number of halogens is 1. The number of hydrogen-bond donors (Lipinski definition) is 1. The zero-order valence-corrected chi connectivity index (χ0v) is 19.4. The van der Waals surface area contributed by atoms with Crippen LogP contribution < -0.4 is 10.1 Å². The standard InChI is InChI=1S/C23H20ClN3O2S2/c1-3-19(21(28)27-17-11-15(24)9-10-18(17)29-2)30-22-16-12-20(14-7-5-4-6-8-14)31-23(16)26-13-25-22/h4-13,19H,3H2,1-2H3,(H,27,28). The number of thiophene rings is 1. The number of anilines is 1. The highest BCUT2D eigenvalue weighted by Crippen LogP contribution is 2.38. The number of thioether (sulfide) groups is 1. The number of methoxy groups -OCH3 is 1. The van der Waals surface area contributed by atoms with Crippen LogP contribution in [-0.2, 0) is 4.79 Å². The Morgan fingerprint density at radius 3 is 2.74 bits per heavy atom. The van der Waals surface area contributed by atoms with Gasteiger partial charge < -0.3 is 10.1 Å². The second-order valence-corrected chi connectivity index (χ2v) is 9.38. The lowest BCUT2D eigenvalue weighted by Gasteiger charge is -2.16. The minimum Gasteiger partial charge on any atom is -0.495 e. The van der Waals surface area contributed by atoms with E-state index in [0.717, 1.165) is 25.7 Å². The normalized spacial score (nSPS) is 12.0. The molecule has 1 unspecified atom stereocenters. The molecule has 0 bridgehead atoms. The SMILES string of the molecule is CCC(Sc1ncnc2sc(-c3ccccc3)cc12)C(=O)Nc1cc(Cl)ccc1OC. The second-order valence-electron chi connectivity index (χ2n) is 6.72. The number of nitrogens with one attached hydrogen (secondary N) is 1. The lowest BCUT2D eigenvalue weighted by Crippen LogP contribution is -2.25. The van der Waals surface area contributed by atoms with Crippen LogP contribution >= 0.6 is 34.7 Å². The summed E-state index contributed by atoms with van der Waals surface area (Å²) in [6.45, 7) is 1.98. The Balaban J connectivity index is 1.59. The molecule has 0 aliphatic heterocycles. The highest BCUT2D eigenvalue weighted by molar-refractivity contribution is 8.00. The number of rotatable bonds is 7. The number of carbonyl (C=O) groups excluding carboxylic acids is 1. The number of fused-ring (bicyclic) bond motifs is 1. The fraction of sp³-hybridized carbons (Fsp3) is 0.174. The number of amides is 1. The van der Waals surface area contributed by atoms with Gasteiger partial charge in [0.2, 0.25) is 5.91 Å². The minimum absolute atomic E-state index is 0.127. The summed E-state index contributed by atoms with van der Waals surface area (Å²) in [4.78, 5) is 23.9. The molecule has 1 atom stereocenters. The largest absolute Gasteiger partial charge is 0.495 e. The van der Waals surface area contributed by atoms with Crippen LogP contribution in [0.3, 0.4) is 0 Å². The number of nitrogens with zero attached hydrogens (tertiary/aromatic N) is 2. The summed E-state index contributed by atoms with van der Waals surface area (Å²) >= 11 is 9.15. The quantitative estimate of drug-likeness (QED) is 0.246. The molecule has 4 rings (SSSR count). The smallest absolute Gasteiger partial charge is 0.238 e.